The largest absolute Gasteiger partial charge is 0.504 e. The van der Waals surface area contributed by atoms with Crippen LogP contribution in [0.3, 0.4) is 0 Å². The van der Waals surface area contributed by atoms with Crippen LogP contribution in [-0.2, 0) is 12.8 Å². The molecule has 1 N–H and O–H groups in total. The minimum atomic E-state index is 0.159. The topological polar surface area (TPSA) is 51.0 Å². The van der Waals surface area contributed by atoms with E-state index >= 15 is 0 Å². The smallest absolute Gasteiger partial charge is 0.160 e. The molecule has 0 atom stereocenters. The van der Waals surface area contributed by atoms with E-state index in [4.69, 9.17) is 9.47 Å². The number of methoxy groups -OCH3 is 2. The van der Waals surface area contributed by atoms with Gasteiger partial charge in [0.15, 0.2) is 11.5 Å². The van der Waals surface area contributed by atoms with E-state index < -0.39 is 0 Å². The van der Waals surface area contributed by atoms with E-state index in [1.807, 2.05) is 12.1 Å². The Bertz CT molecular complexity index is 722. The molecule has 3 rings (SSSR count). The Morgan fingerprint density at radius 3 is 2.68 bits per heavy atom. The lowest BCUT2D eigenvalue weighted by atomic mass is 9.93. The Labute approximate surface area is 130 Å². The average molecular weight is 297 g/mol. The van der Waals surface area contributed by atoms with Gasteiger partial charge in [-0.3, -0.25) is 4.99 Å². The lowest BCUT2D eigenvalue weighted by Crippen LogP contribution is -2.15. The Kier molecular flexibility index (Phi) is 4.00. The number of aromatic hydroxyl groups is 1. The Morgan fingerprint density at radius 1 is 1.09 bits per heavy atom. The molecule has 0 bridgehead atoms. The van der Waals surface area contributed by atoms with Crippen LogP contribution in [0.4, 0.5) is 0 Å². The number of phenols is 1. The molecule has 1 heterocycles. The number of rotatable bonds is 4. The van der Waals surface area contributed by atoms with Crippen molar-refractivity contribution in [1.29, 1.82) is 0 Å². The van der Waals surface area contributed by atoms with Crippen molar-refractivity contribution in [2.24, 2.45) is 4.99 Å². The van der Waals surface area contributed by atoms with Crippen LogP contribution >= 0.6 is 0 Å². The molecule has 0 radical (unpaired) electrons. The molecule has 0 spiro atoms. The zero-order valence-corrected chi connectivity index (χ0v) is 12.8. The quantitative estimate of drug-likeness (QED) is 0.944. The number of ether oxygens (including phenoxy) is 2. The molecule has 0 amide bonds. The van der Waals surface area contributed by atoms with Gasteiger partial charge in [0.2, 0.25) is 0 Å². The predicted molar refractivity (Wildman–Crippen MR) is 86.5 cm³/mol. The number of hydrogen-bond donors (Lipinski definition) is 1. The summed E-state index contributed by atoms with van der Waals surface area (Å²) in [6.45, 7) is 0.789. The maximum absolute atomic E-state index is 9.90. The third kappa shape index (κ3) is 2.77. The molecule has 114 valence electrons. The fourth-order valence-electron chi connectivity index (χ4n) is 2.77. The van der Waals surface area contributed by atoms with Gasteiger partial charge >= 0.3 is 0 Å². The highest BCUT2D eigenvalue weighted by Gasteiger charge is 2.16. The molecule has 0 unspecified atom stereocenters. The summed E-state index contributed by atoms with van der Waals surface area (Å²) in [5.74, 6) is 1.52. The lowest BCUT2D eigenvalue weighted by molar-refractivity contribution is 0.373. The molecule has 4 heteroatoms. The van der Waals surface area contributed by atoms with Crippen molar-refractivity contribution in [2.45, 2.75) is 12.8 Å². The first-order valence-electron chi connectivity index (χ1n) is 7.27. The second-order valence-corrected chi connectivity index (χ2v) is 5.28. The van der Waals surface area contributed by atoms with Crippen molar-refractivity contribution in [3.63, 3.8) is 0 Å². The number of hydrogen-bond acceptors (Lipinski definition) is 4. The molecule has 2 aromatic carbocycles. The van der Waals surface area contributed by atoms with E-state index in [1.54, 1.807) is 26.4 Å². The molecule has 1 aliphatic heterocycles. The highest BCUT2D eigenvalue weighted by atomic mass is 16.5. The molecule has 0 fully saturated rings. The summed E-state index contributed by atoms with van der Waals surface area (Å²) < 4.78 is 10.4. The summed E-state index contributed by atoms with van der Waals surface area (Å²) in [4.78, 5) is 4.66. The third-order valence-corrected chi connectivity index (χ3v) is 3.92. The molecule has 0 saturated carbocycles. The summed E-state index contributed by atoms with van der Waals surface area (Å²) in [5.41, 5.74) is 4.50. The minimum absolute atomic E-state index is 0.159. The van der Waals surface area contributed by atoms with Crippen LogP contribution in [0.15, 0.2) is 41.4 Å². The molecule has 4 nitrogen and oxygen atoms in total. The Hall–Kier alpha value is -2.49. The monoisotopic (exact) mass is 297 g/mol. The number of fused-ring (bicyclic) bond motifs is 1. The van der Waals surface area contributed by atoms with Crippen molar-refractivity contribution in [2.75, 3.05) is 20.8 Å². The second-order valence-electron chi connectivity index (χ2n) is 5.28. The summed E-state index contributed by atoms with van der Waals surface area (Å²) in [6.07, 6.45) is 1.63. The SMILES string of the molecule is COc1ccc2c(c1)CCN=C2Cc1ccc(OC)c(O)c1. The van der Waals surface area contributed by atoms with E-state index in [-0.39, 0.29) is 5.75 Å². The molecular formula is C18H19NO3. The van der Waals surface area contributed by atoms with Crippen molar-refractivity contribution in [3.05, 3.63) is 53.1 Å². The summed E-state index contributed by atoms with van der Waals surface area (Å²) in [5, 5.41) is 9.90. The fraction of sp³-hybridized carbons (Fsp3) is 0.278. The van der Waals surface area contributed by atoms with Crippen LogP contribution in [0.1, 0.15) is 16.7 Å². The average Bonchev–Trinajstić information content (AvgIpc) is 2.55. The van der Waals surface area contributed by atoms with Gasteiger partial charge in [0, 0.05) is 18.7 Å². The van der Waals surface area contributed by atoms with Gasteiger partial charge in [-0.25, -0.2) is 0 Å². The summed E-state index contributed by atoms with van der Waals surface area (Å²) >= 11 is 0. The highest BCUT2D eigenvalue weighted by Crippen LogP contribution is 2.28. The standard InChI is InChI=1S/C18H19NO3/c1-21-14-4-5-15-13(11-14)7-8-19-16(15)9-12-3-6-18(22-2)17(20)10-12/h3-6,10-11,20H,7-9H2,1-2H3. The molecular weight excluding hydrogens is 278 g/mol. The number of nitrogens with zero attached hydrogens (tertiary/aromatic N) is 1. The van der Waals surface area contributed by atoms with Gasteiger partial charge in [0.05, 0.1) is 14.2 Å². The minimum Gasteiger partial charge on any atom is -0.504 e. The molecule has 2 aromatic rings. The van der Waals surface area contributed by atoms with Crippen molar-refractivity contribution in [3.8, 4) is 17.2 Å². The van der Waals surface area contributed by atoms with Crippen LogP contribution in [0.5, 0.6) is 17.2 Å². The first-order chi connectivity index (χ1) is 10.7. The fourth-order valence-corrected chi connectivity index (χ4v) is 2.77. The molecule has 0 saturated heterocycles. The normalized spacial score (nSPS) is 13.3. The lowest BCUT2D eigenvalue weighted by Gasteiger charge is -2.18. The van der Waals surface area contributed by atoms with Crippen molar-refractivity contribution >= 4 is 5.71 Å². The van der Waals surface area contributed by atoms with Gasteiger partial charge in [-0.05, 0) is 53.4 Å². The molecule has 0 aromatic heterocycles. The van der Waals surface area contributed by atoms with E-state index in [1.165, 1.54) is 11.1 Å². The number of benzene rings is 2. The van der Waals surface area contributed by atoms with Crippen molar-refractivity contribution < 1.29 is 14.6 Å². The van der Waals surface area contributed by atoms with E-state index in [0.717, 1.165) is 30.0 Å². The van der Waals surface area contributed by atoms with Gasteiger partial charge in [-0.1, -0.05) is 6.07 Å². The number of phenolic OH excluding ortho intramolecular Hbond substituents is 1. The zero-order chi connectivity index (χ0) is 15.5. The summed E-state index contributed by atoms with van der Waals surface area (Å²) in [6, 6.07) is 11.6. The molecule has 1 aliphatic rings. The number of aliphatic imine (C=N–C) groups is 1. The predicted octanol–water partition coefficient (Wildman–Crippen LogP) is 3.00. The molecule has 0 aliphatic carbocycles. The third-order valence-electron chi connectivity index (χ3n) is 3.92. The van der Waals surface area contributed by atoms with Crippen LogP contribution < -0.4 is 9.47 Å². The van der Waals surface area contributed by atoms with E-state index in [2.05, 4.69) is 17.1 Å². The second kappa shape index (κ2) is 6.10. The summed E-state index contributed by atoms with van der Waals surface area (Å²) in [7, 11) is 3.23. The maximum Gasteiger partial charge on any atom is 0.160 e. The van der Waals surface area contributed by atoms with Crippen LogP contribution in [0.25, 0.3) is 0 Å². The molecule has 22 heavy (non-hydrogen) atoms. The van der Waals surface area contributed by atoms with Crippen LogP contribution in [0, 0.1) is 0 Å². The van der Waals surface area contributed by atoms with E-state index in [0.29, 0.717) is 12.2 Å². The van der Waals surface area contributed by atoms with Gasteiger partial charge in [0.1, 0.15) is 5.75 Å². The van der Waals surface area contributed by atoms with Gasteiger partial charge in [0.25, 0.3) is 0 Å². The van der Waals surface area contributed by atoms with Gasteiger partial charge in [-0.15, -0.1) is 0 Å². The van der Waals surface area contributed by atoms with E-state index in [9.17, 15) is 5.11 Å². The van der Waals surface area contributed by atoms with Crippen LogP contribution in [-0.4, -0.2) is 31.6 Å². The first kappa shape index (κ1) is 14.4. The maximum atomic E-state index is 9.90. The zero-order valence-electron chi connectivity index (χ0n) is 12.8. The highest BCUT2D eigenvalue weighted by molar-refractivity contribution is 6.04. The van der Waals surface area contributed by atoms with Gasteiger partial charge < -0.3 is 14.6 Å². The van der Waals surface area contributed by atoms with Crippen LogP contribution in [0.2, 0.25) is 0 Å². The Morgan fingerprint density at radius 2 is 1.95 bits per heavy atom. The van der Waals surface area contributed by atoms with Gasteiger partial charge in [-0.2, -0.15) is 0 Å². The first-order valence-corrected chi connectivity index (χ1v) is 7.27. The van der Waals surface area contributed by atoms with Crippen molar-refractivity contribution in [1.82, 2.24) is 0 Å². The Balaban J connectivity index is 1.88.